The third-order valence-corrected chi connectivity index (χ3v) is 8.95. The van der Waals surface area contributed by atoms with Gasteiger partial charge in [-0.2, -0.15) is 15.0 Å². The molecule has 40 heavy (non-hydrogen) atoms. The second-order valence-corrected chi connectivity index (χ2v) is 11.9. The molecular formula is C28H31N7O3S2. The van der Waals surface area contributed by atoms with Crippen molar-refractivity contribution >= 4 is 56.8 Å². The number of benzene rings is 2. The maximum Gasteiger partial charge on any atom is 0.234 e. The van der Waals surface area contributed by atoms with Gasteiger partial charge in [-0.1, -0.05) is 36.0 Å². The molecule has 0 unspecified atom stereocenters. The third kappa shape index (κ3) is 6.52. The average Bonchev–Trinajstić information content (AvgIpc) is 3.40. The summed E-state index contributed by atoms with van der Waals surface area (Å²) in [7, 11) is 0. The number of hydrogen-bond acceptors (Lipinski definition) is 11. The molecule has 4 aromatic rings. The Morgan fingerprint density at radius 1 is 0.925 bits per heavy atom. The van der Waals surface area contributed by atoms with E-state index in [9.17, 15) is 4.79 Å². The molecule has 2 aliphatic rings. The number of aromatic nitrogens is 4. The molecule has 1 N–H and O–H groups in total. The topological polar surface area (TPSA) is 106 Å². The van der Waals surface area contributed by atoms with Crippen LogP contribution < -0.4 is 15.1 Å². The fraction of sp³-hybridized carbons (Fsp3) is 0.393. The molecule has 2 aromatic heterocycles. The molecule has 2 aliphatic heterocycles. The minimum absolute atomic E-state index is 0.0405. The number of anilines is 3. The summed E-state index contributed by atoms with van der Waals surface area (Å²) in [5.41, 5.74) is 3.92. The fourth-order valence-electron chi connectivity index (χ4n) is 4.61. The Kier molecular flexibility index (Phi) is 8.37. The lowest BCUT2D eigenvalue weighted by atomic mass is 10.1. The molecule has 0 saturated carbocycles. The Labute approximate surface area is 241 Å². The van der Waals surface area contributed by atoms with Gasteiger partial charge >= 0.3 is 0 Å². The molecule has 10 nitrogen and oxygen atoms in total. The van der Waals surface area contributed by atoms with Crippen molar-refractivity contribution in [2.75, 3.05) is 73.5 Å². The number of thioether (sulfide) groups is 1. The van der Waals surface area contributed by atoms with Crippen LogP contribution >= 0.6 is 23.1 Å². The van der Waals surface area contributed by atoms with Crippen LogP contribution in [-0.4, -0.2) is 84.2 Å². The number of thiazole rings is 1. The lowest BCUT2D eigenvalue weighted by Gasteiger charge is -2.30. The van der Waals surface area contributed by atoms with Crippen molar-refractivity contribution in [3.8, 4) is 0 Å². The monoisotopic (exact) mass is 577 g/mol. The largest absolute Gasteiger partial charge is 0.378 e. The first-order chi connectivity index (χ1) is 19.6. The number of carbonyl (C=O) groups is 1. The van der Waals surface area contributed by atoms with Crippen molar-refractivity contribution in [3.63, 3.8) is 0 Å². The van der Waals surface area contributed by atoms with Gasteiger partial charge < -0.3 is 24.6 Å². The smallest absolute Gasteiger partial charge is 0.234 e. The summed E-state index contributed by atoms with van der Waals surface area (Å²) in [5.74, 6) is 2.42. The maximum atomic E-state index is 12.5. The molecule has 0 bridgehead atoms. The molecule has 4 heterocycles. The van der Waals surface area contributed by atoms with Gasteiger partial charge in [0.15, 0.2) is 4.34 Å². The highest BCUT2D eigenvalue weighted by molar-refractivity contribution is 8.01. The standard InChI is InChI=1S/C28H31N7O3S2/c1-19-4-2-3-5-21(19)29-25(36)18-39-28-30-22-7-6-20(16-23(22)40-28)17-24-31-26(34-8-12-37-13-9-34)33-27(32-24)35-10-14-38-15-11-35/h2-7,16H,8-15,17-18H2,1H3,(H,29,36). The first kappa shape index (κ1) is 26.9. The Morgan fingerprint density at radius 2 is 1.60 bits per heavy atom. The quantitative estimate of drug-likeness (QED) is 0.311. The van der Waals surface area contributed by atoms with Gasteiger partial charge in [0, 0.05) is 38.3 Å². The Morgan fingerprint density at radius 3 is 2.27 bits per heavy atom. The number of aryl methyl sites for hydroxylation is 1. The molecule has 0 aliphatic carbocycles. The zero-order chi connectivity index (χ0) is 27.3. The number of nitrogens with one attached hydrogen (secondary N) is 1. The molecule has 0 radical (unpaired) electrons. The predicted molar refractivity (Wildman–Crippen MR) is 159 cm³/mol. The van der Waals surface area contributed by atoms with Crippen LogP contribution in [0.2, 0.25) is 0 Å². The van der Waals surface area contributed by atoms with Crippen molar-refractivity contribution in [1.82, 2.24) is 19.9 Å². The van der Waals surface area contributed by atoms with E-state index in [1.165, 1.54) is 11.8 Å². The zero-order valence-corrected chi connectivity index (χ0v) is 24.0. The lowest BCUT2D eigenvalue weighted by molar-refractivity contribution is -0.113. The molecule has 2 aromatic carbocycles. The molecule has 0 atom stereocenters. The third-order valence-electron chi connectivity index (χ3n) is 6.79. The lowest BCUT2D eigenvalue weighted by Crippen LogP contribution is -2.40. The highest BCUT2D eigenvalue weighted by Gasteiger charge is 2.21. The number of amides is 1. The van der Waals surface area contributed by atoms with Crippen LogP contribution in [0.15, 0.2) is 46.8 Å². The van der Waals surface area contributed by atoms with E-state index in [1.54, 1.807) is 11.3 Å². The van der Waals surface area contributed by atoms with E-state index < -0.39 is 0 Å². The average molecular weight is 578 g/mol. The Bertz CT molecular complexity index is 1450. The predicted octanol–water partition coefficient (Wildman–Crippen LogP) is 3.78. The first-order valence-electron chi connectivity index (χ1n) is 13.4. The highest BCUT2D eigenvalue weighted by Crippen LogP contribution is 2.31. The Balaban J connectivity index is 1.16. The van der Waals surface area contributed by atoms with Gasteiger partial charge in [-0.3, -0.25) is 4.79 Å². The van der Waals surface area contributed by atoms with Gasteiger partial charge in [0.05, 0.1) is 42.4 Å². The van der Waals surface area contributed by atoms with E-state index in [0.717, 1.165) is 63.4 Å². The summed E-state index contributed by atoms with van der Waals surface area (Å²) in [6.45, 7) is 7.73. The Hall–Kier alpha value is -3.32. The van der Waals surface area contributed by atoms with E-state index in [0.29, 0.717) is 50.5 Å². The number of morpholine rings is 2. The van der Waals surface area contributed by atoms with Crippen LogP contribution in [0.3, 0.4) is 0 Å². The second-order valence-electron chi connectivity index (χ2n) is 9.66. The van der Waals surface area contributed by atoms with Crippen LogP contribution in [0.25, 0.3) is 10.2 Å². The van der Waals surface area contributed by atoms with Gasteiger partial charge in [-0.15, -0.1) is 11.3 Å². The molecular weight excluding hydrogens is 546 g/mol. The maximum absolute atomic E-state index is 12.5. The van der Waals surface area contributed by atoms with E-state index in [4.69, 9.17) is 29.4 Å². The van der Waals surface area contributed by atoms with Crippen molar-refractivity contribution < 1.29 is 14.3 Å². The molecule has 2 saturated heterocycles. The molecule has 6 rings (SSSR count). The van der Waals surface area contributed by atoms with E-state index in [1.807, 2.05) is 37.3 Å². The summed E-state index contributed by atoms with van der Waals surface area (Å²) in [5, 5.41) is 2.98. The van der Waals surface area contributed by atoms with E-state index in [2.05, 4.69) is 27.2 Å². The van der Waals surface area contributed by atoms with Gasteiger partial charge in [0.25, 0.3) is 0 Å². The number of hydrogen-bond donors (Lipinski definition) is 1. The summed E-state index contributed by atoms with van der Waals surface area (Å²) in [4.78, 5) is 36.1. The fourth-order valence-corrected chi connectivity index (χ4v) is 6.54. The van der Waals surface area contributed by atoms with E-state index >= 15 is 0 Å². The van der Waals surface area contributed by atoms with Gasteiger partial charge in [0.2, 0.25) is 17.8 Å². The van der Waals surface area contributed by atoms with Crippen LogP contribution in [0.4, 0.5) is 17.6 Å². The minimum atomic E-state index is -0.0405. The molecule has 1 amide bonds. The number of carbonyl (C=O) groups excluding carboxylic acids is 1. The number of rotatable bonds is 8. The number of fused-ring (bicyclic) bond motifs is 1. The second kappa shape index (κ2) is 12.5. The minimum Gasteiger partial charge on any atom is -0.378 e. The first-order valence-corrected chi connectivity index (χ1v) is 15.2. The molecule has 208 valence electrons. The van der Waals surface area contributed by atoms with Gasteiger partial charge in [-0.25, -0.2) is 4.98 Å². The van der Waals surface area contributed by atoms with Gasteiger partial charge in [0.1, 0.15) is 5.82 Å². The molecule has 2 fully saturated rings. The summed E-state index contributed by atoms with van der Waals surface area (Å²) < 4.78 is 13.0. The summed E-state index contributed by atoms with van der Waals surface area (Å²) in [6.07, 6.45) is 0.590. The van der Waals surface area contributed by atoms with Crippen LogP contribution in [0, 0.1) is 6.92 Å². The van der Waals surface area contributed by atoms with Gasteiger partial charge in [-0.05, 0) is 36.2 Å². The highest BCUT2D eigenvalue weighted by atomic mass is 32.2. The number of ether oxygens (including phenoxy) is 2. The summed E-state index contributed by atoms with van der Waals surface area (Å²) >= 11 is 3.06. The van der Waals surface area contributed by atoms with Crippen molar-refractivity contribution in [1.29, 1.82) is 0 Å². The van der Waals surface area contributed by atoms with Crippen LogP contribution in [-0.2, 0) is 20.7 Å². The SMILES string of the molecule is Cc1ccccc1NC(=O)CSc1nc2ccc(Cc3nc(N4CCOCC4)nc(N4CCOCC4)n3)cc2s1. The van der Waals surface area contributed by atoms with E-state index in [-0.39, 0.29) is 5.91 Å². The molecule has 0 spiro atoms. The zero-order valence-electron chi connectivity index (χ0n) is 22.3. The van der Waals surface area contributed by atoms with Crippen LogP contribution in [0.5, 0.6) is 0 Å². The number of nitrogens with zero attached hydrogens (tertiary/aromatic N) is 6. The number of para-hydroxylation sites is 1. The van der Waals surface area contributed by atoms with Crippen LogP contribution in [0.1, 0.15) is 17.0 Å². The van der Waals surface area contributed by atoms with Crippen molar-refractivity contribution in [2.45, 2.75) is 17.7 Å². The van der Waals surface area contributed by atoms with Crippen molar-refractivity contribution in [3.05, 3.63) is 59.4 Å². The van der Waals surface area contributed by atoms with Crippen molar-refractivity contribution in [2.24, 2.45) is 0 Å². The molecule has 12 heteroatoms. The normalized spacial score (nSPS) is 15.9. The summed E-state index contributed by atoms with van der Waals surface area (Å²) in [6, 6.07) is 14.0.